The van der Waals surface area contributed by atoms with Crippen LogP contribution in [0.3, 0.4) is 0 Å². The number of pyridine rings is 2. The number of hydrogen-bond donors (Lipinski definition) is 1. The minimum absolute atomic E-state index is 0.0259. The van der Waals surface area contributed by atoms with E-state index in [1.165, 1.54) is 5.56 Å². The molecule has 0 amide bonds. The maximum atomic E-state index is 6.48. The molecule has 0 radical (unpaired) electrons. The standard InChI is InChI=1S/C27H26ClN5S/c1-17-14-21(19(3)33(17)24-11-6-9-22(28)18(24)2)26-25(23-10-4-5-13-30-23)31-27(34)32(26)16-20-8-7-12-29-15-20/h4-15,25-26H,16H2,1-3H3,(H,31,34)/t25-,26-/m0/s1. The lowest BCUT2D eigenvalue weighted by Crippen LogP contribution is -2.29. The van der Waals surface area contributed by atoms with E-state index in [-0.39, 0.29) is 12.1 Å². The van der Waals surface area contributed by atoms with Gasteiger partial charge in [-0.25, -0.2) is 0 Å². The van der Waals surface area contributed by atoms with Crippen molar-refractivity contribution in [2.75, 3.05) is 0 Å². The van der Waals surface area contributed by atoms with Crippen molar-refractivity contribution in [3.8, 4) is 5.69 Å². The van der Waals surface area contributed by atoms with Gasteiger partial charge in [0, 0.05) is 47.2 Å². The minimum atomic E-state index is -0.0696. The first-order chi connectivity index (χ1) is 16.5. The van der Waals surface area contributed by atoms with Crippen molar-refractivity contribution in [3.63, 3.8) is 0 Å². The lowest BCUT2D eigenvalue weighted by Gasteiger charge is -2.28. The van der Waals surface area contributed by atoms with Crippen LogP contribution >= 0.6 is 23.8 Å². The highest BCUT2D eigenvalue weighted by atomic mass is 35.5. The number of benzene rings is 1. The second-order valence-corrected chi connectivity index (χ2v) is 9.46. The normalized spacial score (nSPS) is 17.8. The molecule has 2 atom stereocenters. The molecule has 1 fully saturated rings. The third kappa shape index (κ3) is 3.97. The average molecular weight is 488 g/mol. The molecule has 0 saturated carbocycles. The fraction of sp³-hybridized carbons (Fsp3) is 0.222. The smallest absolute Gasteiger partial charge is 0.170 e. The van der Waals surface area contributed by atoms with Gasteiger partial charge in [0.2, 0.25) is 0 Å². The van der Waals surface area contributed by atoms with E-state index in [2.05, 4.69) is 69.8 Å². The van der Waals surface area contributed by atoms with Gasteiger partial charge in [-0.05, 0) is 86.1 Å². The maximum absolute atomic E-state index is 6.48. The van der Waals surface area contributed by atoms with Crippen LogP contribution in [0.4, 0.5) is 0 Å². The van der Waals surface area contributed by atoms with Gasteiger partial charge in [-0.15, -0.1) is 0 Å². The van der Waals surface area contributed by atoms with Crippen LogP contribution in [-0.4, -0.2) is 24.5 Å². The first-order valence-electron chi connectivity index (χ1n) is 11.3. The molecule has 1 N–H and O–H groups in total. The highest BCUT2D eigenvalue weighted by molar-refractivity contribution is 7.80. The van der Waals surface area contributed by atoms with Crippen molar-refractivity contribution < 1.29 is 0 Å². The molecule has 0 spiro atoms. The molecule has 172 valence electrons. The van der Waals surface area contributed by atoms with Crippen LogP contribution in [0.1, 0.15) is 45.9 Å². The van der Waals surface area contributed by atoms with Crippen LogP contribution in [0.5, 0.6) is 0 Å². The van der Waals surface area contributed by atoms with Crippen molar-refractivity contribution >= 4 is 28.9 Å². The Kier molecular flexibility index (Phi) is 6.11. The zero-order valence-corrected chi connectivity index (χ0v) is 20.9. The predicted molar refractivity (Wildman–Crippen MR) is 140 cm³/mol. The first-order valence-corrected chi connectivity index (χ1v) is 12.1. The maximum Gasteiger partial charge on any atom is 0.170 e. The summed E-state index contributed by atoms with van der Waals surface area (Å²) < 4.78 is 2.29. The number of thiocarbonyl (C=S) groups is 1. The lowest BCUT2D eigenvalue weighted by molar-refractivity contribution is 0.310. The number of halogens is 1. The molecule has 0 aliphatic carbocycles. The van der Waals surface area contributed by atoms with E-state index in [1.54, 1.807) is 6.20 Å². The Hall–Kier alpha value is -3.22. The number of nitrogens with one attached hydrogen (secondary N) is 1. The van der Waals surface area contributed by atoms with Gasteiger partial charge < -0.3 is 14.8 Å². The monoisotopic (exact) mass is 487 g/mol. The summed E-state index contributed by atoms with van der Waals surface area (Å²) in [5.41, 5.74) is 7.75. The molecule has 1 saturated heterocycles. The summed E-state index contributed by atoms with van der Waals surface area (Å²) in [4.78, 5) is 11.2. The Labute approximate surface area is 210 Å². The Morgan fingerprint density at radius 1 is 1.03 bits per heavy atom. The zero-order chi connectivity index (χ0) is 23.8. The number of aromatic nitrogens is 3. The van der Waals surface area contributed by atoms with E-state index in [4.69, 9.17) is 23.8 Å². The summed E-state index contributed by atoms with van der Waals surface area (Å²) >= 11 is 12.3. The summed E-state index contributed by atoms with van der Waals surface area (Å²) in [6.45, 7) is 7.03. The molecule has 4 aromatic rings. The molecule has 0 unspecified atom stereocenters. The topological polar surface area (TPSA) is 46.0 Å². The van der Waals surface area contributed by atoms with Crippen molar-refractivity contribution in [1.82, 2.24) is 24.8 Å². The molecular formula is C27H26ClN5S. The summed E-state index contributed by atoms with van der Waals surface area (Å²) in [7, 11) is 0. The molecule has 5 rings (SSSR count). The fourth-order valence-electron chi connectivity index (χ4n) is 4.90. The predicted octanol–water partition coefficient (Wildman–Crippen LogP) is 6.02. The molecule has 1 aliphatic rings. The lowest BCUT2D eigenvalue weighted by atomic mass is 9.96. The van der Waals surface area contributed by atoms with E-state index >= 15 is 0 Å². The Bertz CT molecular complexity index is 1340. The summed E-state index contributed by atoms with van der Waals surface area (Å²) in [6.07, 6.45) is 5.52. The van der Waals surface area contributed by atoms with Crippen molar-refractivity contribution in [2.45, 2.75) is 39.4 Å². The van der Waals surface area contributed by atoms with Crippen molar-refractivity contribution in [2.24, 2.45) is 0 Å². The first kappa shape index (κ1) is 22.6. The van der Waals surface area contributed by atoms with Gasteiger partial charge in [-0.2, -0.15) is 0 Å². The molecule has 34 heavy (non-hydrogen) atoms. The summed E-state index contributed by atoms with van der Waals surface area (Å²) in [6, 6.07) is 18.3. The third-order valence-electron chi connectivity index (χ3n) is 6.54. The molecule has 5 nitrogen and oxygen atoms in total. The molecule has 0 bridgehead atoms. The largest absolute Gasteiger partial charge is 0.352 e. The van der Waals surface area contributed by atoms with E-state index in [0.717, 1.165) is 38.9 Å². The average Bonchev–Trinajstić information content (AvgIpc) is 3.32. The van der Waals surface area contributed by atoms with Crippen LogP contribution in [-0.2, 0) is 6.54 Å². The van der Waals surface area contributed by atoms with E-state index in [0.29, 0.717) is 11.7 Å². The van der Waals surface area contributed by atoms with Gasteiger partial charge in [-0.1, -0.05) is 29.8 Å². The summed E-state index contributed by atoms with van der Waals surface area (Å²) in [5.74, 6) is 0. The van der Waals surface area contributed by atoms with Gasteiger partial charge in [0.15, 0.2) is 5.11 Å². The van der Waals surface area contributed by atoms with Crippen LogP contribution in [0.15, 0.2) is 73.2 Å². The van der Waals surface area contributed by atoms with Crippen LogP contribution in [0, 0.1) is 20.8 Å². The van der Waals surface area contributed by atoms with E-state index in [1.807, 2.05) is 42.7 Å². The molecule has 1 aromatic carbocycles. The number of aryl methyl sites for hydroxylation is 1. The van der Waals surface area contributed by atoms with Crippen LogP contribution < -0.4 is 5.32 Å². The van der Waals surface area contributed by atoms with Gasteiger partial charge in [0.25, 0.3) is 0 Å². The van der Waals surface area contributed by atoms with Gasteiger partial charge in [0.1, 0.15) is 0 Å². The second-order valence-electron chi connectivity index (χ2n) is 8.66. The second kappa shape index (κ2) is 9.20. The Morgan fingerprint density at radius 2 is 1.88 bits per heavy atom. The number of rotatable bonds is 5. The number of nitrogens with zero attached hydrogens (tertiary/aromatic N) is 4. The Balaban J connectivity index is 1.64. The van der Waals surface area contributed by atoms with E-state index < -0.39 is 0 Å². The molecule has 4 heterocycles. The van der Waals surface area contributed by atoms with E-state index in [9.17, 15) is 0 Å². The fourth-order valence-corrected chi connectivity index (χ4v) is 5.37. The van der Waals surface area contributed by atoms with Gasteiger partial charge >= 0.3 is 0 Å². The highest BCUT2D eigenvalue weighted by Gasteiger charge is 2.41. The molecule has 3 aromatic heterocycles. The molecule has 1 aliphatic heterocycles. The highest BCUT2D eigenvalue weighted by Crippen LogP contribution is 2.42. The number of hydrogen-bond acceptors (Lipinski definition) is 3. The Morgan fingerprint density at radius 3 is 2.62 bits per heavy atom. The SMILES string of the molecule is Cc1c(Cl)cccc1-n1c(C)cc([C@H]2[C@H](c3ccccn3)NC(=S)N2Cc2cccnc2)c1C. The summed E-state index contributed by atoms with van der Waals surface area (Å²) in [5, 5.41) is 5.03. The van der Waals surface area contributed by atoms with Gasteiger partial charge in [-0.3, -0.25) is 9.97 Å². The van der Waals surface area contributed by atoms with Crippen LogP contribution in [0.25, 0.3) is 5.69 Å². The third-order valence-corrected chi connectivity index (χ3v) is 7.30. The zero-order valence-electron chi connectivity index (χ0n) is 19.4. The van der Waals surface area contributed by atoms with Crippen molar-refractivity contribution in [3.05, 3.63) is 112 Å². The van der Waals surface area contributed by atoms with Gasteiger partial charge in [0.05, 0.1) is 17.8 Å². The quantitative estimate of drug-likeness (QED) is 0.349. The minimum Gasteiger partial charge on any atom is -0.352 e. The van der Waals surface area contributed by atoms with Crippen LogP contribution in [0.2, 0.25) is 5.02 Å². The van der Waals surface area contributed by atoms with Crippen molar-refractivity contribution in [1.29, 1.82) is 0 Å². The molecular weight excluding hydrogens is 462 g/mol. The molecule has 7 heteroatoms.